The van der Waals surface area contributed by atoms with Crippen LogP contribution in [0, 0.1) is 28.6 Å². The molecule has 6 fully saturated rings. The molecule has 1 spiro atoms. The van der Waals surface area contributed by atoms with Crippen molar-refractivity contribution < 1.29 is 13.9 Å². The van der Waals surface area contributed by atoms with Crippen LogP contribution in [0.1, 0.15) is 89.5 Å². The molecule has 1 N–H and O–H groups in total. The molecule has 1 unspecified atom stereocenters. The molecule has 0 radical (unpaired) electrons. The number of hydrogen-bond donors (Lipinski definition) is 1. The van der Waals surface area contributed by atoms with Gasteiger partial charge in [-0.25, -0.2) is 4.79 Å². The maximum absolute atomic E-state index is 13.0. The molecule has 6 aliphatic rings. The Morgan fingerprint density at radius 1 is 1.06 bits per heavy atom. The summed E-state index contributed by atoms with van der Waals surface area (Å²) in [5, 5.41) is 3.46. The zero-order valence-corrected chi connectivity index (χ0v) is 22.1. The number of likely N-dealkylation sites (N-methyl/N-ethyl adjacent to an activating group) is 1. The second kappa shape index (κ2) is 7.92. The van der Waals surface area contributed by atoms with Crippen LogP contribution in [0.3, 0.4) is 0 Å². The molecule has 7 rings (SSSR count). The Kier molecular flexibility index (Phi) is 5.16. The summed E-state index contributed by atoms with van der Waals surface area (Å²) >= 11 is 0. The summed E-state index contributed by atoms with van der Waals surface area (Å²) in [4.78, 5) is 26.8. The number of amides is 1. The molecule has 6 nitrogen and oxygen atoms in total. The van der Waals surface area contributed by atoms with Gasteiger partial charge in [0.05, 0.1) is 18.4 Å². The van der Waals surface area contributed by atoms with Crippen LogP contribution in [-0.4, -0.2) is 48.2 Å². The van der Waals surface area contributed by atoms with Gasteiger partial charge in [0.25, 0.3) is 0 Å². The number of ether oxygens (including phenoxy) is 1. The smallest absolute Gasteiger partial charge is 0.335 e. The summed E-state index contributed by atoms with van der Waals surface area (Å²) in [6.07, 6.45) is 13.7. The zero-order valence-electron chi connectivity index (χ0n) is 22.1. The Balaban J connectivity index is 1.08. The Morgan fingerprint density at radius 2 is 1.92 bits per heavy atom. The van der Waals surface area contributed by atoms with E-state index in [4.69, 9.17) is 9.15 Å². The number of nitrogens with zero attached hydrogens (tertiary/aromatic N) is 1. The number of carbonyl (C=O) groups is 1. The number of carbonyl (C=O) groups excluding carboxylic acids is 1. The second-order valence-corrected chi connectivity index (χ2v) is 13.6. The topological polar surface area (TPSA) is 75.1 Å². The van der Waals surface area contributed by atoms with Gasteiger partial charge in [-0.05, 0) is 119 Å². The predicted octanol–water partition coefficient (Wildman–Crippen LogP) is 4.48. The normalized spacial score (nSPS) is 49.5. The summed E-state index contributed by atoms with van der Waals surface area (Å²) in [5.74, 6) is 2.69. The fraction of sp³-hybridized carbons (Fsp3) is 0.800. The summed E-state index contributed by atoms with van der Waals surface area (Å²) in [7, 11) is 2.08. The number of fused-ring (bicyclic) bond motifs is 3. The van der Waals surface area contributed by atoms with E-state index in [2.05, 4.69) is 31.1 Å². The number of epoxide rings is 1. The molecule has 2 aliphatic heterocycles. The van der Waals surface area contributed by atoms with Gasteiger partial charge in [0, 0.05) is 17.5 Å². The maximum atomic E-state index is 13.0. The molecule has 1 amide bonds. The Morgan fingerprint density at radius 3 is 2.67 bits per heavy atom. The highest BCUT2D eigenvalue weighted by atomic mass is 16.6. The van der Waals surface area contributed by atoms with Crippen molar-refractivity contribution in [2.75, 3.05) is 13.6 Å². The number of likely N-dealkylation sites (tertiary alicyclic amines) is 1. The molecular formula is C30H42N2O4. The highest BCUT2D eigenvalue weighted by Crippen LogP contribution is 2.77. The minimum atomic E-state index is -0.268. The van der Waals surface area contributed by atoms with E-state index in [0.29, 0.717) is 41.2 Å². The van der Waals surface area contributed by atoms with E-state index in [1.54, 1.807) is 12.3 Å². The first kappa shape index (κ1) is 23.5. The second-order valence-electron chi connectivity index (χ2n) is 13.6. The quantitative estimate of drug-likeness (QED) is 0.628. The van der Waals surface area contributed by atoms with Crippen molar-refractivity contribution in [3.05, 3.63) is 34.4 Å². The van der Waals surface area contributed by atoms with Gasteiger partial charge < -0.3 is 14.5 Å². The fourth-order valence-corrected chi connectivity index (χ4v) is 10.4. The standard InChI is InChI=1S/C30H42N2O4/c1-28-12-10-20(31-27(34)24-5-4-14-32(24)3)15-19(28)7-8-22-21(28)11-13-29(2)23(16-25-30(22,29)36-25)18-6-9-26(33)35-17-18/h6,9,17,19-25H,4-5,7-8,10-16H2,1-3H3,(H,31,34)/t19-,20+,21+,22-,23-,24?,25-,28+,29-,30-/m1/s1. The highest BCUT2D eigenvalue weighted by Gasteiger charge is 2.80. The van der Waals surface area contributed by atoms with Gasteiger partial charge in [0.2, 0.25) is 5.91 Å². The van der Waals surface area contributed by atoms with Crippen molar-refractivity contribution in [3.8, 4) is 0 Å². The molecule has 3 heterocycles. The third-order valence-corrected chi connectivity index (χ3v) is 12.4. The first-order chi connectivity index (χ1) is 17.3. The van der Waals surface area contributed by atoms with E-state index in [1.165, 1.54) is 37.7 Å². The van der Waals surface area contributed by atoms with Gasteiger partial charge in [0.1, 0.15) is 5.60 Å². The van der Waals surface area contributed by atoms with Crippen molar-refractivity contribution in [3.63, 3.8) is 0 Å². The van der Waals surface area contributed by atoms with Gasteiger partial charge in [0.15, 0.2) is 0 Å². The molecule has 1 aromatic rings. The number of nitrogens with one attached hydrogen (secondary N) is 1. The van der Waals surface area contributed by atoms with Gasteiger partial charge in [-0.1, -0.05) is 13.8 Å². The van der Waals surface area contributed by atoms with E-state index in [1.807, 2.05) is 6.07 Å². The van der Waals surface area contributed by atoms with Crippen LogP contribution in [0.4, 0.5) is 0 Å². The van der Waals surface area contributed by atoms with Crippen LogP contribution < -0.4 is 10.9 Å². The van der Waals surface area contributed by atoms with Crippen molar-refractivity contribution in [2.24, 2.45) is 28.6 Å². The summed E-state index contributed by atoms with van der Waals surface area (Å²) in [6.45, 7) is 6.08. The molecule has 0 aromatic carbocycles. The average Bonchev–Trinajstić information content (AvgIpc) is 3.30. The van der Waals surface area contributed by atoms with E-state index in [-0.39, 0.29) is 28.6 Å². The lowest BCUT2D eigenvalue weighted by molar-refractivity contribution is -0.135. The Hall–Kier alpha value is -1.66. The van der Waals surface area contributed by atoms with Crippen molar-refractivity contribution in [1.82, 2.24) is 10.2 Å². The first-order valence-corrected chi connectivity index (χ1v) is 14.5. The van der Waals surface area contributed by atoms with Crippen molar-refractivity contribution in [1.29, 1.82) is 0 Å². The number of hydrogen-bond acceptors (Lipinski definition) is 5. The third kappa shape index (κ3) is 3.09. The molecule has 4 saturated carbocycles. The molecule has 6 heteroatoms. The lowest BCUT2D eigenvalue weighted by atomic mass is 9.44. The van der Waals surface area contributed by atoms with Crippen LogP contribution in [-0.2, 0) is 9.53 Å². The third-order valence-electron chi connectivity index (χ3n) is 12.4. The van der Waals surface area contributed by atoms with E-state index in [0.717, 1.165) is 38.6 Å². The lowest BCUT2D eigenvalue weighted by Crippen LogP contribution is -2.59. The molecule has 2 saturated heterocycles. The molecular weight excluding hydrogens is 452 g/mol. The predicted molar refractivity (Wildman–Crippen MR) is 137 cm³/mol. The van der Waals surface area contributed by atoms with Crippen LogP contribution in [0.2, 0.25) is 0 Å². The van der Waals surface area contributed by atoms with E-state index < -0.39 is 0 Å². The molecule has 1 aromatic heterocycles. The van der Waals surface area contributed by atoms with Crippen LogP contribution in [0.25, 0.3) is 0 Å². The minimum Gasteiger partial charge on any atom is -0.431 e. The van der Waals surface area contributed by atoms with Gasteiger partial charge in [-0.3, -0.25) is 9.69 Å². The van der Waals surface area contributed by atoms with Crippen LogP contribution >= 0.6 is 0 Å². The van der Waals surface area contributed by atoms with Crippen molar-refractivity contribution >= 4 is 5.91 Å². The van der Waals surface area contributed by atoms with E-state index >= 15 is 0 Å². The first-order valence-electron chi connectivity index (χ1n) is 14.5. The maximum Gasteiger partial charge on any atom is 0.335 e. The summed E-state index contributed by atoms with van der Waals surface area (Å²) in [6, 6.07) is 3.97. The fourth-order valence-electron chi connectivity index (χ4n) is 10.4. The summed E-state index contributed by atoms with van der Waals surface area (Å²) < 4.78 is 12.0. The Bertz CT molecular complexity index is 1100. The van der Waals surface area contributed by atoms with Gasteiger partial charge in [-0.2, -0.15) is 0 Å². The van der Waals surface area contributed by atoms with Crippen LogP contribution in [0.5, 0.6) is 0 Å². The average molecular weight is 495 g/mol. The molecule has 196 valence electrons. The van der Waals surface area contributed by atoms with E-state index in [9.17, 15) is 9.59 Å². The summed E-state index contributed by atoms with van der Waals surface area (Å²) in [5.41, 5.74) is 1.37. The lowest BCUT2D eigenvalue weighted by Gasteiger charge is -2.61. The van der Waals surface area contributed by atoms with Gasteiger partial charge in [-0.15, -0.1) is 0 Å². The molecule has 0 bridgehead atoms. The monoisotopic (exact) mass is 494 g/mol. The van der Waals surface area contributed by atoms with Gasteiger partial charge >= 0.3 is 5.63 Å². The highest BCUT2D eigenvalue weighted by molar-refractivity contribution is 5.82. The number of rotatable bonds is 3. The molecule has 36 heavy (non-hydrogen) atoms. The zero-order chi connectivity index (χ0) is 24.9. The minimum absolute atomic E-state index is 0.00280. The largest absolute Gasteiger partial charge is 0.431 e. The van der Waals surface area contributed by atoms with Crippen molar-refractivity contribution in [2.45, 2.75) is 108 Å². The van der Waals surface area contributed by atoms with Crippen LogP contribution in [0.15, 0.2) is 27.6 Å². The molecule has 10 atom stereocenters. The SMILES string of the molecule is CN1CCCC1C(=O)N[C@H]1CC[C@@]2(C)[C@H](CC[C@@H]3[C@@H]2CC[C@]2(C)[C@@H](c4ccc(=O)oc4)C[C@H]4O[C@]342)C1. The Labute approximate surface area is 214 Å². The molecule has 4 aliphatic carbocycles.